The van der Waals surface area contributed by atoms with E-state index in [1.54, 1.807) is 0 Å². The molecule has 0 atom stereocenters. The molecule has 0 saturated heterocycles. The molecule has 0 unspecified atom stereocenters. The number of allylic oxidation sites excluding steroid dienone is 2. The number of carboxylic acid groups (broad SMARTS) is 1. The second kappa shape index (κ2) is 6.56. The number of hydrogen-bond donors (Lipinski definition) is 4. The number of phosphoric acid groups is 1. The van der Waals surface area contributed by atoms with Crippen LogP contribution in [0.1, 0.15) is 6.92 Å². The highest BCUT2D eigenvalue weighted by atomic mass is 31.2. The van der Waals surface area contributed by atoms with Gasteiger partial charge in [-0.2, -0.15) is 0 Å². The topological polar surface area (TPSA) is 115 Å². The Bertz CT molecular complexity index is 242. The van der Waals surface area contributed by atoms with Crippen molar-refractivity contribution in [3.05, 3.63) is 24.3 Å². The van der Waals surface area contributed by atoms with Crippen LogP contribution in [0.2, 0.25) is 0 Å². The fourth-order valence-electron chi connectivity index (χ4n) is 0.248. The number of rotatable bonds is 2. The van der Waals surface area contributed by atoms with Gasteiger partial charge in [-0.05, 0) is 6.92 Å². The van der Waals surface area contributed by atoms with Crippen LogP contribution >= 0.6 is 7.82 Å². The smallest absolute Gasteiger partial charge is 0.466 e. The maximum Gasteiger partial charge on any atom is 0.466 e. The minimum atomic E-state index is -4.64. The molecule has 7 heteroatoms. The Kier molecular flexibility index (Phi) is 7.36. The van der Waals surface area contributed by atoms with Gasteiger partial charge in [0.2, 0.25) is 0 Å². The molecule has 6 nitrogen and oxygen atoms in total. The molecule has 0 amide bonds. The van der Waals surface area contributed by atoms with Crippen LogP contribution < -0.4 is 0 Å². The number of hydrogen-bond acceptors (Lipinski definition) is 2. The Hall–Kier alpha value is -0.940. The standard InChI is InChI=1S/C6H8O2.H3O4P/c1-3-4-5(2)6(7)8;1-5(2,3)4/h3-4H,1H2,2H3,(H,7,8);(H3,1,2,3,4). The average molecular weight is 210 g/mol. The molecule has 0 aromatic heterocycles. The van der Waals surface area contributed by atoms with Gasteiger partial charge in [-0.15, -0.1) is 0 Å². The Balaban J connectivity index is 0. The van der Waals surface area contributed by atoms with Gasteiger partial charge < -0.3 is 19.8 Å². The van der Waals surface area contributed by atoms with Crippen molar-refractivity contribution in [3.8, 4) is 0 Å². The summed E-state index contributed by atoms with van der Waals surface area (Å²) in [5.74, 6) is -0.898. The van der Waals surface area contributed by atoms with Crippen molar-refractivity contribution in [1.82, 2.24) is 0 Å². The van der Waals surface area contributed by atoms with Crippen LogP contribution in [0.15, 0.2) is 24.3 Å². The highest BCUT2D eigenvalue weighted by Gasteiger charge is 2.00. The van der Waals surface area contributed by atoms with E-state index in [-0.39, 0.29) is 0 Å². The summed E-state index contributed by atoms with van der Waals surface area (Å²) in [6.07, 6.45) is 2.89. The van der Waals surface area contributed by atoms with Crippen molar-refractivity contribution < 1.29 is 29.1 Å². The SMILES string of the molecule is C=CC=C(C)C(=O)O.O=P(O)(O)O. The maximum atomic E-state index is 9.97. The van der Waals surface area contributed by atoms with Crippen LogP contribution in [0.5, 0.6) is 0 Å². The normalized spacial score (nSPS) is 11.2. The summed E-state index contributed by atoms with van der Waals surface area (Å²) in [5.41, 5.74) is 0.306. The molecule has 0 rings (SSSR count). The monoisotopic (exact) mass is 210 g/mol. The van der Waals surface area contributed by atoms with E-state index in [2.05, 4.69) is 6.58 Å². The van der Waals surface area contributed by atoms with Crippen molar-refractivity contribution in [1.29, 1.82) is 0 Å². The van der Waals surface area contributed by atoms with Gasteiger partial charge in [0.15, 0.2) is 0 Å². The molecule has 76 valence electrons. The maximum absolute atomic E-state index is 9.97. The molecule has 0 radical (unpaired) electrons. The molecule has 0 aromatic rings. The highest BCUT2D eigenvalue weighted by Crippen LogP contribution is 2.25. The van der Waals surface area contributed by atoms with E-state index in [9.17, 15) is 4.79 Å². The van der Waals surface area contributed by atoms with Crippen molar-refractivity contribution >= 4 is 13.8 Å². The Labute approximate surface area is 75.1 Å². The summed E-state index contributed by atoms with van der Waals surface area (Å²) in [5, 5.41) is 8.20. The summed E-state index contributed by atoms with van der Waals surface area (Å²) in [4.78, 5) is 31.5. The largest absolute Gasteiger partial charge is 0.478 e. The van der Waals surface area contributed by atoms with Crippen LogP contribution in [0.3, 0.4) is 0 Å². The lowest BCUT2D eigenvalue weighted by Crippen LogP contribution is -1.94. The first kappa shape index (κ1) is 14.6. The molecule has 13 heavy (non-hydrogen) atoms. The van der Waals surface area contributed by atoms with Crippen LogP contribution in [-0.4, -0.2) is 25.8 Å². The van der Waals surface area contributed by atoms with Crippen LogP contribution in [0.25, 0.3) is 0 Å². The lowest BCUT2D eigenvalue weighted by molar-refractivity contribution is -0.132. The fraction of sp³-hybridized carbons (Fsp3) is 0.167. The summed E-state index contributed by atoms with van der Waals surface area (Å²) >= 11 is 0. The minimum Gasteiger partial charge on any atom is -0.478 e. The molecule has 0 aliphatic carbocycles. The molecular formula is C6H11O6P. The molecule has 0 aliphatic heterocycles. The van der Waals surface area contributed by atoms with E-state index < -0.39 is 13.8 Å². The number of carbonyl (C=O) groups is 1. The van der Waals surface area contributed by atoms with Crippen molar-refractivity contribution in [3.63, 3.8) is 0 Å². The predicted molar refractivity (Wildman–Crippen MR) is 45.9 cm³/mol. The third kappa shape index (κ3) is 24.7. The first-order valence-corrected chi connectivity index (χ1v) is 4.56. The molecule has 4 N–H and O–H groups in total. The van der Waals surface area contributed by atoms with Gasteiger partial charge in [-0.25, -0.2) is 9.36 Å². The fourth-order valence-corrected chi connectivity index (χ4v) is 0.248. The number of aliphatic carboxylic acids is 1. The Morgan fingerprint density at radius 2 is 1.69 bits per heavy atom. The van der Waals surface area contributed by atoms with Gasteiger partial charge in [0.05, 0.1) is 0 Å². The summed E-state index contributed by atoms with van der Waals surface area (Å²) < 4.78 is 8.88. The molecular weight excluding hydrogens is 199 g/mol. The summed E-state index contributed by atoms with van der Waals surface area (Å²) in [6.45, 7) is 4.86. The molecule has 0 fully saturated rings. The van der Waals surface area contributed by atoms with E-state index in [0.29, 0.717) is 5.57 Å². The zero-order valence-corrected chi connectivity index (χ0v) is 7.81. The third-order valence-corrected chi connectivity index (χ3v) is 0.705. The zero-order chi connectivity index (χ0) is 11.1. The minimum absolute atomic E-state index is 0.306. The molecule has 0 heterocycles. The molecule has 0 aliphatic rings. The second-order valence-corrected chi connectivity index (χ2v) is 2.93. The quantitative estimate of drug-likeness (QED) is 0.295. The van der Waals surface area contributed by atoms with Crippen LogP contribution in [0.4, 0.5) is 0 Å². The van der Waals surface area contributed by atoms with Gasteiger partial charge in [0.25, 0.3) is 0 Å². The molecule has 0 aromatic carbocycles. The van der Waals surface area contributed by atoms with Gasteiger partial charge in [0, 0.05) is 5.57 Å². The second-order valence-electron chi connectivity index (χ2n) is 1.90. The summed E-state index contributed by atoms with van der Waals surface area (Å²) in [7, 11) is -4.64. The van der Waals surface area contributed by atoms with E-state index >= 15 is 0 Å². The Morgan fingerprint density at radius 1 is 1.38 bits per heavy atom. The van der Waals surface area contributed by atoms with E-state index in [4.69, 9.17) is 24.4 Å². The third-order valence-electron chi connectivity index (χ3n) is 0.705. The van der Waals surface area contributed by atoms with E-state index in [1.165, 1.54) is 19.1 Å². The zero-order valence-electron chi connectivity index (χ0n) is 6.91. The molecule has 0 spiro atoms. The van der Waals surface area contributed by atoms with E-state index in [0.717, 1.165) is 0 Å². The first-order chi connectivity index (χ1) is 5.68. The first-order valence-electron chi connectivity index (χ1n) is 2.99. The summed E-state index contributed by atoms with van der Waals surface area (Å²) in [6, 6.07) is 0. The average Bonchev–Trinajstić information content (AvgIpc) is 1.84. The van der Waals surface area contributed by atoms with Crippen molar-refractivity contribution in [2.45, 2.75) is 6.92 Å². The van der Waals surface area contributed by atoms with Gasteiger partial charge >= 0.3 is 13.8 Å². The lowest BCUT2D eigenvalue weighted by Gasteiger charge is -1.84. The van der Waals surface area contributed by atoms with E-state index in [1.807, 2.05) is 0 Å². The lowest BCUT2D eigenvalue weighted by atomic mass is 10.3. The van der Waals surface area contributed by atoms with Gasteiger partial charge in [-0.1, -0.05) is 18.7 Å². The van der Waals surface area contributed by atoms with Crippen LogP contribution in [0, 0.1) is 0 Å². The number of carboxylic acids is 1. The highest BCUT2D eigenvalue weighted by molar-refractivity contribution is 7.45. The van der Waals surface area contributed by atoms with Gasteiger partial charge in [0.1, 0.15) is 0 Å². The predicted octanol–water partition coefficient (Wildman–Crippen LogP) is 0.275. The molecule has 0 bridgehead atoms. The van der Waals surface area contributed by atoms with Gasteiger partial charge in [-0.3, -0.25) is 0 Å². The van der Waals surface area contributed by atoms with Crippen LogP contribution in [-0.2, 0) is 9.36 Å². The van der Waals surface area contributed by atoms with Crippen molar-refractivity contribution in [2.24, 2.45) is 0 Å². The van der Waals surface area contributed by atoms with Crippen molar-refractivity contribution in [2.75, 3.05) is 0 Å². The Morgan fingerprint density at radius 3 is 1.77 bits per heavy atom. The molecule has 0 saturated carbocycles.